The summed E-state index contributed by atoms with van der Waals surface area (Å²) in [5.41, 5.74) is 1.84. The fourth-order valence-corrected chi connectivity index (χ4v) is 7.84. The van der Waals surface area contributed by atoms with Crippen molar-refractivity contribution in [1.82, 2.24) is 0 Å². The Morgan fingerprint density at radius 3 is 2.16 bits per heavy atom. The van der Waals surface area contributed by atoms with E-state index in [9.17, 15) is 5.11 Å². The number of phenols is 1. The zero-order chi connectivity index (χ0) is 31.5. The van der Waals surface area contributed by atoms with Gasteiger partial charge in [-0.05, 0) is 33.7 Å². The van der Waals surface area contributed by atoms with E-state index in [2.05, 4.69) is 52.8 Å². The molecule has 0 aromatic heterocycles. The number of benzene rings is 4. The molecule has 2 saturated heterocycles. The smallest absolute Gasteiger partial charge is 0.262 e. The molecule has 0 bridgehead atoms. The molecule has 2 atom stereocenters. The van der Waals surface area contributed by atoms with Crippen molar-refractivity contribution in [1.29, 1.82) is 0 Å². The SMILES string of the molecule is CC(C)(C)C12OOC1(c1cccc3c(-c4c5c(cc6ccccc46)COCCOCCOCCO5)c(O)ccc13)OCC2(C)C. The number of hydrogen-bond acceptors (Lipinski definition) is 8. The summed E-state index contributed by atoms with van der Waals surface area (Å²) in [5.74, 6) is -0.312. The second kappa shape index (κ2) is 11.2. The van der Waals surface area contributed by atoms with Crippen LogP contribution in [0.3, 0.4) is 0 Å². The van der Waals surface area contributed by atoms with Crippen molar-refractivity contribution in [2.45, 2.75) is 52.6 Å². The number of hydrogen-bond donors (Lipinski definition) is 1. The Labute approximate surface area is 264 Å². The lowest BCUT2D eigenvalue weighted by molar-refractivity contribution is -0.626. The summed E-state index contributed by atoms with van der Waals surface area (Å²) in [7, 11) is 0. The molecular formula is C37H42O8. The average molecular weight is 615 g/mol. The van der Waals surface area contributed by atoms with E-state index in [1.807, 2.05) is 36.4 Å². The van der Waals surface area contributed by atoms with Gasteiger partial charge in [-0.1, -0.05) is 83.1 Å². The average Bonchev–Trinajstić information content (AvgIpc) is 3.16. The van der Waals surface area contributed by atoms with Crippen LogP contribution in [0.1, 0.15) is 45.7 Å². The minimum Gasteiger partial charge on any atom is -0.507 e. The normalized spacial score (nSPS) is 25.7. The van der Waals surface area contributed by atoms with Crippen molar-refractivity contribution >= 4 is 21.5 Å². The van der Waals surface area contributed by atoms with Crippen molar-refractivity contribution in [3.05, 3.63) is 71.8 Å². The fraction of sp³-hybridized carbons (Fsp3) is 0.459. The molecule has 7 rings (SSSR count). The van der Waals surface area contributed by atoms with Crippen LogP contribution in [0.15, 0.2) is 60.7 Å². The molecule has 8 nitrogen and oxygen atoms in total. The highest BCUT2D eigenvalue weighted by Gasteiger charge is 2.81. The van der Waals surface area contributed by atoms with Crippen molar-refractivity contribution in [3.8, 4) is 22.6 Å². The van der Waals surface area contributed by atoms with Gasteiger partial charge in [-0.2, -0.15) is 4.89 Å². The molecule has 2 fully saturated rings. The summed E-state index contributed by atoms with van der Waals surface area (Å²) in [4.78, 5) is 12.2. The van der Waals surface area contributed by atoms with Gasteiger partial charge in [0.05, 0.1) is 46.2 Å². The number of phenolic OH excluding ortho intramolecular Hbond substituents is 1. The van der Waals surface area contributed by atoms with Crippen molar-refractivity contribution in [3.63, 3.8) is 0 Å². The maximum atomic E-state index is 11.7. The molecule has 4 aromatic rings. The highest BCUT2D eigenvalue weighted by atomic mass is 17.3. The Morgan fingerprint density at radius 2 is 1.42 bits per heavy atom. The first-order valence-electron chi connectivity index (χ1n) is 15.8. The van der Waals surface area contributed by atoms with Crippen LogP contribution < -0.4 is 4.74 Å². The molecule has 4 aromatic carbocycles. The first-order valence-corrected chi connectivity index (χ1v) is 15.8. The van der Waals surface area contributed by atoms with E-state index in [1.54, 1.807) is 6.07 Å². The third-order valence-corrected chi connectivity index (χ3v) is 9.59. The monoisotopic (exact) mass is 614 g/mol. The summed E-state index contributed by atoms with van der Waals surface area (Å²) >= 11 is 0. The molecule has 0 radical (unpaired) electrons. The number of aromatic hydroxyl groups is 1. The maximum Gasteiger partial charge on any atom is 0.262 e. The zero-order valence-corrected chi connectivity index (χ0v) is 26.7. The quantitative estimate of drug-likeness (QED) is 0.236. The molecule has 3 aliphatic heterocycles. The van der Waals surface area contributed by atoms with Gasteiger partial charge in [0.1, 0.15) is 18.1 Å². The lowest BCUT2D eigenvalue weighted by Crippen LogP contribution is -2.73. The Bertz CT molecular complexity index is 1740. The van der Waals surface area contributed by atoms with Crippen molar-refractivity contribution in [2.75, 3.05) is 46.2 Å². The third-order valence-electron chi connectivity index (χ3n) is 9.59. The van der Waals surface area contributed by atoms with Crippen molar-refractivity contribution in [2.24, 2.45) is 10.8 Å². The zero-order valence-electron chi connectivity index (χ0n) is 26.7. The number of fused-ring (bicyclic) bond motifs is 4. The molecule has 0 aliphatic carbocycles. The fourth-order valence-electron chi connectivity index (χ4n) is 7.84. The van der Waals surface area contributed by atoms with Gasteiger partial charge in [0.25, 0.3) is 5.79 Å². The Balaban J connectivity index is 1.47. The van der Waals surface area contributed by atoms with E-state index in [0.29, 0.717) is 64.2 Å². The molecule has 238 valence electrons. The topological polar surface area (TPSA) is 84.8 Å². The molecule has 0 spiro atoms. The molecule has 0 amide bonds. The van der Waals surface area contributed by atoms with Crippen molar-refractivity contribution < 1.29 is 38.6 Å². The van der Waals surface area contributed by atoms with E-state index < -0.39 is 11.4 Å². The summed E-state index contributed by atoms with van der Waals surface area (Å²) < 4.78 is 30.6. The Kier molecular flexibility index (Phi) is 7.59. The first kappa shape index (κ1) is 30.4. The highest BCUT2D eigenvalue weighted by Crippen LogP contribution is 2.69. The largest absolute Gasteiger partial charge is 0.507 e. The maximum absolute atomic E-state index is 11.7. The minimum atomic E-state index is -1.12. The summed E-state index contributed by atoms with van der Waals surface area (Å²) in [6.07, 6.45) is 0. The van der Waals surface area contributed by atoms with E-state index in [-0.39, 0.29) is 16.6 Å². The van der Waals surface area contributed by atoms with Crippen LogP contribution in [-0.4, -0.2) is 57.0 Å². The van der Waals surface area contributed by atoms with Crippen LogP contribution in [0.25, 0.3) is 32.7 Å². The van der Waals surface area contributed by atoms with Crippen LogP contribution in [0, 0.1) is 10.8 Å². The molecule has 3 heterocycles. The lowest BCUT2D eigenvalue weighted by atomic mass is 9.57. The van der Waals surface area contributed by atoms with Crippen LogP contribution >= 0.6 is 0 Å². The van der Waals surface area contributed by atoms with E-state index in [0.717, 1.165) is 38.2 Å². The highest BCUT2D eigenvalue weighted by molar-refractivity contribution is 6.11. The molecule has 0 saturated carbocycles. The van der Waals surface area contributed by atoms with Gasteiger partial charge in [-0.3, -0.25) is 0 Å². The van der Waals surface area contributed by atoms with Crippen LogP contribution in [0.4, 0.5) is 0 Å². The predicted molar refractivity (Wildman–Crippen MR) is 171 cm³/mol. The number of rotatable bonds is 2. The van der Waals surface area contributed by atoms with Gasteiger partial charge in [-0.15, -0.1) is 0 Å². The van der Waals surface area contributed by atoms with Gasteiger partial charge in [-0.25, -0.2) is 4.89 Å². The lowest BCUT2D eigenvalue weighted by Gasteiger charge is -2.61. The Morgan fingerprint density at radius 1 is 0.711 bits per heavy atom. The summed E-state index contributed by atoms with van der Waals surface area (Å²) in [6.45, 7) is 14.3. The molecule has 2 unspecified atom stereocenters. The third kappa shape index (κ3) is 4.57. The van der Waals surface area contributed by atoms with Crippen LogP contribution in [0.5, 0.6) is 11.5 Å². The van der Waals surface area contributed by atoms with Gasteiger partial charge in [0.15, 0.2) is 5.60 Å². The van der Waals surface area contributed by atoms with E-state index in [1.165, 1.54) is 0 Å². The molecule has 8 heteroatoms. The van der Waals surface area contributed by atoms with Crippen LogP contribution in [0.2, 0.25) is 0 Å². The number of ether oxygens (including phenoxy) is 5. The predicted octanol–water partition coefficient (Wildman–Crippen LogP) is 7.26. The van der Waals surface area contributed by atoms with E-state index in [4.69, 9.17) is 33.5 Å². The second-order valence-corrected chi connectivity index (χ2v) is 13.8. The van der Waals surface area contributed by atoms with Gasteiger partial charge >= 0.3 is 0 Å². The summed E-state index contributed by atoms with van der Waals surface area (Å²) in [5, 5.41) is 15.4. The van der Waals surface area contributed by atoms with Gasteiger partial charge in [0, 0.05) is 33.1 Å². The molecular weight excluding hydrogens is 572 g/mol. The van der Waals surface area contributed by atoms with Crippen LogP contribution in [-0.2, 0) is 41.1 Å². The van der Waals surface area contributed by atoms with Gasteiger partial charge < -0.3 is 28.8 Å². The molecule has 1 N–H and O–H groups in total. The van der Waals surface area contributed by atoms with Gasteiger partial charge in [0.2, 0.25) is 0 Å². The summed E-state index contributed by atoms with van der Waals surface area (Å²) in [6, 6.07) is 20.0. The first-order chi connectivity index (χ1) is 21.6. The standard InChI is InChI=1S/C37H42O8/c1-34(2,3)37-35(4,5)23-43-36(37,44-45-37)29-12-8-11-28-27(29)13-14-30(38)31(28)32-26-10-7-6-9-24(26)21-25-22-41-18-17-39-15-16-40-19-20-42-33(25)32/h6-14,21,38H,15-20,22-23H2,1-5H3. The Hall–Kier alpha value is -3.24. The molecule has 45 heavy (non-hydrogen) atoms. The van der Waals surface area contributed by atoms with E-state index >= 15 is 0 Å². The second-order valence-electron chi connectivity index (χ2n) is 13.8. The molecule has 3 aliphatic rings. The minimum absolute atomic E-state index is 0.147.